The third-order valence-corrected chi connectivity index (χ3v) is 6.12. The molecular weight excluding hydrogens is 506 g/mol. The Labute approximate surface area is 234 Å². The Morgan fingerprint density at radius 3 is 2.00 bits per heavy atom. The number of anilines is 2. The molecule has 0 aliphatic carbocycles. The molecule has 208 valence electrons. The summed E-state index contributed by atoms with van der Waals surface area (Å²) >= 11 is 0. The maximum Gasteiger partial charge on any atom is 0.211 e. The minimum atomic E-state index is -0.759. The Bertz CT molecular complexity index is 1300. The number of carbonyl (C=O) groups is 2. The van der Waals surface area contributed by atoms with Crippen LogP contribution < -0.4 is 16.0 Å². The van der Waals surface area contributed by atoms with E-state index in [0.717, 1.165) is 35.1 Å². The number of hydrogen-bond donors (Lipinski definition) is 6. The molecule has 0 aromatic heterocycles. The highest BCUT2D eigenvalue weighted by Gasteiger charge is 2.10. The van der Waals surface area contributed by atoms with Crippen LogP contribution >= 0.6 is 0 Å². The number of aliphatic hydroxyl groups excluding tert-OH is 2. The summed E-state index contributed by atoms with van der Waals surface area (Å²) < 4.78 is 0. The van der Waals surface area contributed by atoms with E-state index in [1.54, 1.807) is 24.3 Å². The lowest BCUT2D eigenvalue weighted by Gasteiger charge is -2.15. The second kappa shape index (κ2) is 16.5. The number of amides is 1. The third-order valence-electron chi connectivity index (χ3n) is 6.12. The van der Waals surface area contributed by atoms with Crippen LogP contribution in [-0.4, -0.2) is 47.7 Å². The van der Waals surface area contributed by atoms with E-state index in [1.165, 1.54) is 6.07 Å². The number of carbonyl (C=O) groups excluding carboxylic acids is 2. The van der Waals surface area contributed by atoms with Crippen LogP contribution in [0.2, 0.25) is 0 Å². The van der Waals surface area contributed by atoms with Crippen molar-refractivity contribution in [3.63, 3.8) is 0 Å². The SMILES string of the molecule is O=CNc1cc(C(O)CNCCc2ccc(NCC(O)c3ccccc3)cc2)ccc1O.O=Cc1ccccc1. The lowest BCUT2D eigenvalue weighted by molar-refractivity contribution is -0.105. The van der Waals surface area contributed by atoms with Crippen LogP contribution in [0, 0.1) is 0 Å². The molecule has 0 radical (unpaired) electrons. The largest absolute Gasteiger partial charge is 0.506 e. The summed E-state index contributed by atoms with van der Waals surface area (Å²) in [5, 5.41) is 39.1. The van der Waals surface area contributed by atoms with Crippen molar-refractivity contribution < 1.29 is 24.9 Å². The maximum atomic E-state index is 10.6. The lowest BCUT2D eigenvalue weighted by Crippen LogP contribution is -2.23. The van der Waals surface area contributed by atoms with Crippen LogP contribution in [0.3, 0.4) is 0 Å². The van der Waals surface area contributed by atoms with Gasteiger partial charge in [-0.05, 0) is 53.9 Å². The van der Waals surface area contributed by atoms with Gasteiger partial charge in [0.05, 0.1) is 17.9 Å². The molecule has 2 unspecified atom stereocenters. The third kappa shape index (κ3) is 9.99. The Morgan fingerprint density at radius 1 is 0.725 bits per heavy atom. The number of rotatable bonds is 13. The lowest BCUT2D eigenvalue weighted by atomic mass is 10.1. The second-order valence-electron chi connectivity index (χ2n) is 9.04. The molecule has 0 saturated carbocycles. The maximum absolute atomic E-state index is 10.6. The number of phenolic OH excluding ortho intramolecular Hbond substituents is 1. The van der Waals surface area contributed by atoms with Gasteiger partial charge in [0.25, 0.3) is 0 Å². The number of aldehydes is 1. The Balaban J connectivity index is 0.000000472. The standard InChI is InChI=1S/C25H29N3O4.C7H6O/c29-17-28-22-14-20(8-11-23(22)30)24(31)15-26-13-12-18-6-9-21(10-7-18)27-16-25(32)19-4-2-1-3-5-19;8-6-7-4-2-1-3-5-7/h1-11,14,17,24-27,30-32H,12-13,15-16H2,(H,28,29);1-6H. The molecule has 0 fully saturated rings. The zero-order valence-corrected chi connectivity index (χ0v) is 22.1. The summed E-state index contributed by atoms with van der Waals surface area (Å²) in [6.45, 7) is 1.47. The Kier molecular flexibility index (Phi) is 12.4. The van der Waals surface area contributed by atoms with Crippen molar-refractivity contribution in [3.8, 4) is 5.75 Å². The van der Waals surface area contributed by atoms with Crippen molar-refractivity contribution >= 4 is 24.1 Å². The molecular formula is C32H35N3O5. The summed E-state index contributed by atoms with van der Waals surface area (Å²) in [7, 11) is 0. The topological polar surface area (TPSA) is 131 Å². The molecule has 0 spiro atoms. The first-order valence-electron chi connectivity index (χ1n) is 13.0. The van der Waals surface area contributed by atoms with Gasteiger partial charge in [-0.1, -0.05) is 78.9 Å². The minimum absolute atomic E-state index is 0.0477. The smallest absolute Gasteiger partial charge is 0.211 e. The summed E-state index contributed by atoms with van der Waals surface area (Å²) in [5.41, 5.74) is 4.58. The van der Waals surface area contributed by atoms with E-state index in [9.17, 15) is 24.9 Å². The highest BCUT2D eigenvalue weighted by molar-refractivity contribution is 5.75. The van der Waals surface area contributed by atoms with Gasteiger partial charge in [0, 0.05) is 24.3 Å². The number of benzene rings is 4. The van der Waals surface area contributed by atoms with Gasteiger partial charge in [-0.25, -0.2) is 0 Å². The van der Waals surface area contributed by atoms with Gasteiger partial charge in [-0.15, -0.1) is 0 Å². The van der Waals surface area contributed by atoms with Gasteiger partial charge >= 0.3 is 0 Å². The van der Waals surface area contributed by atoms with Crippen molar-refractivity contribution in [2.24, 2.45) is 0 Å². The predicted octanol–water partition coefficient (Wildman–Crippen LogP) is 4.47. The van der Waals surface area contributed by atoms with E-state index in [0.29, 0.717) is 31.6 Å². The van der Waals surface area contributed by atoms with E-state index >= 15 is 0 Å². The van der Waals surface area contributed by atoms with Crippen LogP contribution in [0.1, 0.15) is 39.3 Å². The molecule has 4 aromatic rings. The van der Waals surface area contributed by atoms with E-state index in [-0.39, 0.29) is 11.4 Å². The number of phenols is 1. The van der Waals surface area contributed by atoms with Crippen molar-refractivity contribution in [1.82, 2.24) is 5.32 Å². The van der Waals surface area contributed by atoms with Crippen LogP contribution in [0.4, 0.5) is 11.4 Å². The van der Waals surface area contributed by atoms with Crippen molar-refractivity contribution in [2.45, 2.75) is 18.6 Å². The van der Waals surface area contributed by atoms with E-state index < -0.39 is 12.2 Å². The second-order valence-corrected chi connectivity index (χ2v) is 9.04. The monoisotopic (exact) mass is 541 g/mol. The number of aliphatic hydroxyl groups is 2. The van der Waals surface area contributed by atoms with Gasteiger partial charge in [0.15, 0.2) is 0 Å². The van der Waals surface area contributed by atoms with Crippen molar-refractivity contribution in [1.29, 1.82) is 0 Å². The first-order valence-corrected chi connectivity index (χ1v) is 13.0. The van der Waals surface area contributed by atoms with E-state index in [4.69, 9.17) is 0 Å². The predicted molar refractivity (Wildman–Crippen MR) is 157 cm³/mol. The summed E-state index contributed by atoms with van der Waals surface area (Å²) in [5.74, 6) is -0.0477. The minimum Gasteiger partial charge on any atom is -0.506 e. The molecule has 1 amide bonds. The van der Waals surface area contributed by atoms with Crippen molar-refractivity contribution in [2.75, 3.05) is 30.3 Å². The first-order chi connectivity index (χ1) is 19.5. The van der Waals surface area contributed by atoms with E-state index in [2.05, 4.69) is 16.0 Å². The molecule has 0 saturated heterocycles. The molecule has 0 heterocycles. The first kappa shape index (κ1) is 30.0. The molecule has 0 bridgehead atoms. The fraction of sp³-hybridized carbons (Fsp3) is 0.188. The zero-order chi connectivity index (χ0) is 28.6. The molecule has 0 aliphatic heterocycles. The van der Waals surface area contributed by atoms with Gasteiger partial charge < -0.3 is 31.3 Å². The van der Waals surface area contributed by atoms with Crippen LogP contribution in [0.25, 0.3) is 0 Å². The number of nitrogens with one attached hydrogen (secondary N) is 3. The van der Waals surface area contributed by atoms with Gasteiger partial charge in [-0.2, -0.15) is 0 Å². The molecule has 0 aliphatic rings. The van der Waals surface area contributed by atoms with Crippen LogP contribution in [0.5, 0.6) is 5.75 Å². The molecule has 40 heavy (non-hydrogen) atoms. The normalized spacial score (nSPS) is 11.8. The van der Waals surface area contributed by atoms with Gasteiger partial charge in [-0.3, -0.25) is 9.59 Å². The van der Waals surface area contributed by atoms with Gasteiger partial charge in [0.2, 0.25) is 6.41 Å². The molecule has 6 N–H and O–H groups in total. The van der Waals surface area contributed by atoms with E-state index in [1.807, 2.05) is 72.8 Å². The average molecular weight is 542 g/mol. The van der Waals surface area contributed by atoms with Crippen LogP contribution in [0.15, 0.2) is 103 Å². The fourth-order valence-corrected chi connectivity index (χ4v) is 3.86. The highest BCUT2D eigenvalue weighted by Crippen LogP contribution is 2.26. The summed E-state index contributed by atoms with van der Waals surface area (Å²) in [6.07, 6.45) is 0.791. The molecule has 4 aromatic carbocycles. The van der Waals surface area contributed by atoms with Crippen LogP contribution in [-0.2, 0) is 11.2 Å². The zero-order valence-electron chi connectivity index (χ0n) is 22.1. The Morgan fingerprint density at radius 2 is 1.38 bits per heavy atom. The molecule has 4 rings (SSSR count). The number of hydrogen-bond acceptors (Lipinski definition) is 7. The van der Waals surface area contributed by atoms with Gasteiger partial charge in [0.1, 0.15) is 12.0 Å². The molecule has 8 nitrogen and oxygen atoms in total. The summed E-state index contributed by atoms with van der Waals surface area (Å²) in [4.78, 5) is 20.6. The Hall–Kier alpha value is -4.50. The summed E-state index contributed by atoms with van der Waals surface area (Å²) in [6, 6.07) is 31.3. The average Bonchev–Trinajstić information content (AvgIpc) is 3.01. The van der Waals surface area contributed by atoms with Crippen molar-refractivity contribution in [3.05, 3.63) is 125 Å². The number of aromatic hydroxyl groups is 1. The molecule has 8 heteroatoms. The quantitative estimate of drug-likeness (QED) is 0.0836. The highest BCUT2D eigenvalue weighted by atomic mass is 16.3. The molecule has 2 atom stereocenters. The fourth-order valence-electron chi connectivity index (χ4n) is 3.86.